The third kappa shape index (κ3) is 1.10. The van der Waals surface area contributed by atoms with Gasteiger partial charge in [0.2, 0.25) is 0 Å². The van der Waals surface area contributed by atoms with Crippen molar-refractivity contribution in [2.75, 3.05) is 0 Å². The van der Waals surface area contributed by atoms with Gasteiger partial charge in [-0.25, -0.2) is 0 Å². The number of fused-ring (bicyclic) bond motifs is 4. The van der Waals surface area contributed by atoms with Crippen molar-refractivity contribution in [3.05, 3.63) is 0 Å². The van der Waals surface area contributed by atoms with Crippen LogP contribution in [0.25, 0.3) is 0 Å². The largest absolute Gasteiger partial charge is 0.462 e. The summed E-state index contributed by atoms with van der Waals surface area (Å²) in [5, 5.41) is 0. The Hall–Kier alpha value is -0.530. The highest BCUT2D eigenvalue weighted by Gasteiger charge is 2.70. The van der Waals surface area contributed by atoms with Crippen molar-refractivity contribution in [2.45, 2.75) is 52.6 Å². The standard InChI is InChI=1S/C15H22O2/c1-8-10-4-12-14(2,5-9-6-15(9,12)3)7-11(10)17-13(8)16/h8-12H,4-7H2,1-3H3/t8-,9+,10-,11-,12-,14-,15-/m1/s1. The average molecular weight is 234 g/mol. The van der Waals surface area contributed by atoms with Crippen LogP contribution in [0.5, 0.6) is 0 Å². The average Bonchev–Trinajstić information content (AvgIpc) is 2.71. The summed E-state index contributed by atoms with van der Waals surface area (Å²) in [5.41, 5.74) is 1.08. The van der Waals surface area contributed by atoms with Crippen molar-refractivity contribution in [1.82, 2.24) is 0 Å². The second kappa shape index (κ2) is 2.73. The Balaban J connectivity index is 1.67. The summed E-state index contributed by atoms with van der Waals surface area (Å²) >= 11 is 0. The number of carbonyl (C=O) groups is 1. The maximum Gasteiger partial charge on any atom is 0.309 e. The molecule has 4 rings (SSSR count). The van der Waals surface area contributed by atoms with Crippen molar-refractivity contribution in [3.8, 4) is 0 Å². The molecule has 0 aromatic carbocycles. The maximum absolute atomic E-state index is 11.7. The SMILES string of the molecule is C[C@H]1C(=O)O[C@@H]2C[C@@]3(C)C[C@H]4C[C@@]4(C)[C@@H]3C[C@@H]21. The van der Waals surface area contributed by atoms with E-state index in [9.17, 15) is 4.79 Å². The number of ether oxygens (including phenoxy) is 1. The quantitative estimate of drug-likeness (QED) is 0.602. The first-order chi connectivity index (χ1) is 7.94. The van der Waals surface area contributed by atoms with Crippen LogP contribution in [-0.2, 0) is 9.53 Å². The molecule has 1 aliphatic heterocycles. The molecule has 2 heteroatoms. The molecule has 4 fully saturated rings. The lowest BCUT2D eigenvalue weighted by Gasteiger charge is -2.45. The Morgan fingerprint density at radius 2 is 2.00 bits per heavy atom. The van der Waals surface area contributed by atoms with Gasteiger partial charge in [-0.05, 0) is 48.3 Å². The summed E-state index contributed by atoms with van der Waals surface area (Å²) in [4.78, 5) is 11.7. The number of hydrogen-bond donors (Lipinski definition) is 0. The smallest absolute Gasteiger partial charge is 0.309 e. The van der Waals surface area contributed by atoms with Gasteiger partial charge in [0.1, 0.15) is 6.10 Å². The Labute approximate surface area is 103 Å². The summed E-state index contributed by atoms with van der Waals surface area (Å²) in [6, 6.07) is 0. The number of carbonyl (C=O) groups excluding carboxylic acids is 1. The summed E-state index contributed by atoms with van der Waals surface area (Å²) < 4.78 is 5.59. The Bertz CT molecular complexity index is 404. The van der Waals surface area contributed by atoms with E-state index in [0.29, 0.717) is 16.7 Å². The van der Waals surface area contributed by atoms with E-state index >= 15 is 0 Å². The minimum Gasteiger partial charge on any atom is -0.462 e. The van der Waals surface area contributed by atoms with Crippen LogP contribution >= 0.6 is 0 Å². The number of hydrogen-bond acceptors (Lipinski definition) is 2. The van der Waals surface area contributed by atoms with E-state index in [4.69, 9.17) is 4.74 Å². The van der Waals surface area contributed by atoms with E-state index in [1.54, 1.807) is 0 Å². The summed E-state index contributed by atoms with van der Waals surface area (Å²) in [7, 11) is 0. The van der Waals surface area contributed by atoms with Gasteiger partial charge in [-0.1, -0.05) is 20.8 Å². The van der Waals surface area contributed by atoms with E-state index in [-0.39, 0.29) is 18.0 Å². The predicted octanol–water partition coefficient (Wildman–Crippen LogP) is 3.01. The predicted molar refractivity (Wildman–Crippen MR) is 64.2 cm³/mol. The maximum atomic E-state index is 11.7. The molecule has 0 unspecified atom stereocenters. The first-order valence-corrected chi connectivity index (χ1v) is 7.14. The molecule has 0 spiro atoms. The molecule has 3 saturated carbocycles. The zero-order valence-corrected chi connectivity index (χ0v) is 11.0. The fourth-order valence-corrected chi connectivity index (χ4v) is 5.61. The third-order valence-corrected chi connectivity index (χ3v) is 6.74. The van der Waals surface area contributed by atoms with Gasteiger partial charge in [-0.3, -0.25) is 4.79 Å². The van der Waals surface area contributed by atoms with Gasteiger partial charge in [-0.15, -0.1) is 0 Å². The van der Waals surface area contributed by atoms with Gasteiger partial charge in [0.05, 0.1) is 5.92 Å². The highest BCUT2D eigenvalue weighted by Crippen LogP contribution is 2.76. The second-order valence-electron chi connectivity index (χ2n) is 7.69. The van der Waals surface area contributed by atoms with Crippen molar-refractivity contribution in [2.24, 2.45) is 34.5 Å². The highest BCUT2D eigenvalue weighted by molar-refractivity contribution is 5.75. The molecule has 0 radical (unpaired) electrons. The van der Waals surface area contributed by atoms with Gasteiger partial charge in [0.25, 0.3) is 0 Å². The van der Waals surface area contributed by atoms with Crippen LogP contribution in [0.3, 0.4) is 0 Å². The topological polar surface area (TPSA) is 26.3 Å². The van der Waals surface area contributed by atoms with E-state index in [1.807, 2.05) is 0 Å². The Morgan fingerprint density at radius 1 is 1.24 bits per heavy atom. The molecular formula is C15H22O2. The molecule has 7 atom stereocenters. The van der Waals surface area contributed by atoms with Gasteiger partial charge in [-0.2, -0.15) is 0 Å². The summed E-state index contributed by atoms with van der Waals surface area (Å²) in [5.74, 6) is 2.53. The van der Waals surface area contributed by atoms with E-state index in [1.165, 1.54) is 19.3 Å². The van der Waals surface area contributed by atoms with Crippen LogP contribution in [0.1, 0.15) is 46.5 Å². The molecule has 3 aliphatic carbocycles. The molecule has 0 amide bonds. The highest BCUT2D eigenvalue weighted by atomic mass is 16.6. The van der Waals surface area contributed by atoms with Gasteiger partial charge < -0.3 is 4.74 Å². The Kier molecular flexibility index (Phi) is 1.67. The van der Waals surface area contributed by atoms with E-state index < -0.39 is 0 Å². The second-order valence-corrected chi connectivity index (χ2v) is 7.69. The number of rotatable bonds is 0. The summed E-state index contributed by atoms with van der Waals surface area (Å²) in [6.45, 7) is 7.00. The molecular weight excluding hydrogens is 212 g/mol. The molecule has 1 saturated heterocycles. The van der Waals surface area contributed by atoms with Gasteiger partial charge in [0, 0.05) is 5.92 Å². The Morgan fingerprint density at radius 3 is 2.76 bits per heavy atom. The van der Waals surface area contributed by atoms with Crippen LogP contribution in [0, 0.1) is 34.5 Å². The molecule has 0 aromatic heterocycles. The van der Waals surface area contributed by atoms with Crippen LogP contribution in [0.2, 0.25) is 0 Å². The minimum absolute atomic E-state index is 0.0565. The molecule has 94 valence electrons. The van der Waals surface area contributed by atoms with E-state index in [0.717, 1.165) is 18.3 Å². The monoisotopic (exact) mass is 234 g/mol. The molecule has 1 heterocycles. The fraction of sp³-hybridized carbons (Fsp3) is 0.933. The van der Waals surface area contributed by atoms with Crippen LogP contribution in [0.4, 0.5) is 0 Å². The molecule has 17 heavy (non-hydrogen) atoms. The number of esters is 1. The van der Waals surface area contributed by atoms with E-state index in [2.05, 4.69) is 20.8 Å². The van der Waals surface area contributed by atoms with Crippen molar-refractivity contribution in [3.63, 3.8) is 0 Å². The minimum atomic E-state index is 0.0565. The lowest BCUT2D eigenvalue weighted by atomic mass is 9.59. The molecule has 2 nitrogen and oxygen atoms in total. The van der Waals surface area contributed by atoms with Crippen molar-refractivity contribution in [1.29, 1.82) is 0 Å². The lowest BCUT2D eigenvalue weighted by Crippen LogP contribution is -2.42. The fourth-order valence-electron chi connectivity index (χ4n) is 5.61. The zero-order chi connectivity index (χ0) is 12.0. The van der Waals surface area contributed by atoms with Crippen molar-refractivity contribution < 1.29 is 9.53 Å². The summed E-state index contributed by atoms with van der Waals surface area (Å²) in [6.07, 6.45) is 5.42. The zero-order valence-electron chi connectivity index (χ0n) is 11.0. The molecule has 0 bridgehead atoms. The van der Waals surface area contributed by atoms with Crippen molar-refractivity contribution >= 4 is 5.97 Å². The normalized spacial score (nSPS) is 63.7. The van der Waals surface area contributed by atoms with Gasteiger partial charge >= 0.3 is 5.97 Å². The van der Waals surface area contributed by atoms with Gasteiger partial charge in [0.15, 0.2) is 0 Å². The molecule has 0 aromatic rings. The van der Waals surface area contributed by atoms with Crippen LogP contribution in [-0.4, -0.2) is 12.1 Å². The first-order valence-electron chi connectivity index (χ1n) is 7.14. The molecule has 0 N–H and O–H groups in total. The lowest BCUT2D eigenvalue weighted by molar-refractivity contribution is -0.145. The molecule has 4 aliphatic rings. The first kappa shape index (κ1) is 10.4. The van der Waals surface area contributed by atoms with Crippen LogP contribution in [0.15, 0.2) is 0 Å². The van der Waals surface area contributed by atoms with Crippen LogP contribution < -0.4 is 0 Å². The third-order valence-electron chi connectivity index (χ3n) is 6.74.